The lowest BCUT2D eigenvalue weighted by Crippen LogP contribution is -2.37. The summed E-state index contributed by atoms with van der Waals surface area (Å²) < 4.78 is 10.6. The lowest BCUT2D eigenvalue weighted by atomic mass is 10.1. The summed E-state index contributed by atoms with van der Waals surface area (Å²) in [6.07, 6.45) is 0. The molecule has 6 nitrogen and oxygen atoms in total. The minimum absolute atomic E-state index is 0.177. The number of halogens is 1. The first-order valence-corrected chi connectivity index (χ1v) is 8.71. The number of nitrogens with one attached hydrogen (secondary N) is 1. The van der Waals surface area contributed by atoms with Crippen LogP contribution in [0.2, 0.25) is 5.02 Å². The fraction of sp³-hybridized carbons (Fsp3) is 0.300. The van der Waals surface area contributed by atoms with Gasteiger partial charge >= 0.3 is 0 Å². The second kappa shape index (κ2) is 8.77. The van der Waals surface area contributed by atoms with Crippen molar-refractivity contribution in [3.8, 4) is 11.5 Å². The summed E-state index contributed by atoms with van der Waals surface area (Å²) >= 11 is 6.13. The predicted octanol–water partition coefficient (Wildman–Crippen LogP) is 3.97. The number of hydrogen-bond acceptors (Lipinski definition) is 4. The topological polar surface area (TPSA) is 67.9 Å². The summed E-state index contributed by atoms with van der Waals surface area (Å²) in [5.74, 6) is 0.315. The highest BCUT2D eigenvalue weighted by molar-refractivity contribution is 6.31. The molecule has 0 saturated carbocycles. The molecule has 2 aromatic rings. The van der Waals surface area contributed by atoms with Gasteiger partial charge in [0.2, 0.25) is 11.8 Å². The maximum Gasteiger partial charge on any atom is 0.244 e. The molecule has 2 rings (SSSR count). The van der Waals surface area contributed by atoms with Gasteiger partial charge in [0.05, 0.1) is 25.6 Å². The van der Waals surface area contributed by atoms with Crippen molar-refractivity contribution in [3.05, 3.63) is 46.5 Å². The molecule has 0 atom stereocenters. The molecule has 0 fully saturated rings. The van der Waals surface area contributed by atoms with Crippen LogP contribution in [0.25, 0.3) is 0 Å². The molecule has 7 heteroatoms. The lowest BCUT2D eigenvalue weighted by Gasteiger charge is -2.24. The second-order valence-electron chi connectivity index (χ2n) is 6.13. The monoisotopic (exact) mass is 390 g/mol. The van der Waals surface area contributed by atoms with Crippen LogP contribution >= 0.6 is 11.6 Å². The summed E-state index contributed by atoms with van der Waals surface area (Å²) in [7, 11) is 3.02. The molecule has 0 aliphatic rings. The lowest BCUT2D eigenvalue weighted by molar-refractivity contribution is -0.120. The average Bonchev–Trinajstić information content (AvgIpc) is 2.61. The van der Waals surface area contributed by atoms with Crippen molar-refractivity contribution in [2.24, 2.45) is 0 Å². The van der Waals surface area contributed by atoms with Gasteiger partial charge in [-0.25, -0.2) is 0 Å². The van der Waals surface area contributed by atoms with Crippen LogP contribution in [0, 0.1) is 13.8 Å². The Morgan fingerprint density at radius 2 is 1.74 bits per heavy atom. The number of carbonyl (C=O) groups is 2. The third-order valence-corrected chi connectivity index (χ3v) is 4.47. The van der Waals surface area contributed by atoms with Gasteiger partial charge in [0.1, 0.15) is 18.0 Å². The molecule has 0 bridgehead atoms. The maximum atomic E-state index is 12.6. The van der Waals surface area contributed by atoms with Gasteiger partial charge in [-0.2, -0.15) is 0 Å². The van der Waals surface area contributed by atoms with Crippen molar-refractivity contribution in [2.75, 3.05) is 31.0 Å². The second-order valence-corrected chi connectivity index (χ2v) is 6.54. The van der Waals surface area contributed by atoms with Crippen LogP contribution in [0.5, 0.6) is 11.5 Å². The highest BCUT2D eigenvalue weighted by atomic mass is 35.5. The minimum atomic E-state index is -0.358. The number of rotatable bonds is 6. The first-order chi connectivity index (χ1) is 12.8. The third-order valence-electron chi connectivity index (χ3n) is 4.06. The summed E-state index contributed by atoms with van der Waals surface area (Å²) in [6.45, 7) is 4.95. The zero-order valence-corrected chi connectivity index (χ0v) is 16.8. The number of methoxy groups -OCH3 is 2. The van der Waals surface area contributed by atoms with Gasteiger partial charge in [0.25, 0.3) is 0 Å². The molecule has 1 N–H and O–H groups in total. The van der Waals surface area contributed by atoms with E-state index in [1.54, 1.807) is 18.2 Å². The molecule has 144 valence electrons. The molecule has 0 heterocycles. The normalized spacial score (nSPS) is 10.3. The first kappa shape index (κ1) is 20.6. The molecule has 0 radical (unpaired) electrons. The highest BCUT2D eigenvalue weighted by Crippen LogP contribution is 2.34. The van der Waals surface area contributed by atoms with E-state index in [0.717, 1.165) is 11.1 Å². The van der Waals surface area contributed by atoms with Gasteiger partial charge in [-0.1, -0.05) is 17.7 Å². The molecule has 0 aliphatic heterocycles. The molecular formula is C20H23ClN2O4. The van der Waals surface area contributed by atoms with E-state index in [0.29, 0.717) is 27.9 Å². The molecular weight excluding hydrogens is 368 g/mol. The van der Waals surface area contributed by atoms with Gasteiger partial charge in [0, 0.05) is 18.0 Å². The van der Waals surface area contributed by atoms with E-state index >= 15 is 0 Å². The largest absolute Gasteiger partial charge is 0.495 e. The van der Waals surface area contributed by atoms with Crippen molar-refractivity contribution in [1.82, 2.24) is 0 Å². The molecule has 0 aromatic heterocycles. The minimum Gasteiger partial charge on any atom is -0.495 e. The van der Waals surface area contributed by atoms with Crippen LogP contribution in [-0.2, 0) is 9.59 Å². The summed E-state index contributed by atoms with van der Waals surface area (Å²) in [5.41, 5.74) is 2.78. The summed E-state index contributed by atoms with van der Waals surface area (Å²) in [5, 5.41) is 3.32. The van der Waals surface area contributed by atoms with E-state index in [1.165, 1.54) is 26.0 Å². The Morgan fingerprint density at radius 3 is 2.33 bits per heavy atom. The molecule has 0 unspecified atom stereocenters. The van der Waals surface area contributed by atoms with Gasteiger partial charge < -0.3 is 14.8 Å². The van der Waals surface area contributed by atoms with E-state index < -0.39 is 0 Å². The molecule has 27 heavy (non-hydrogen) atoms. The Morgan fingerprint density at radius 1 is 1.07 bits per heavy atom. The van der Waals surface area contributed by atoms with E-state index in [9.17, 15) is 9.59 Å². The van der Waals surface area contributed by atoms with Crippen molar-refractivity contribution < 1.29 is 19.1 Å². The third kappa shape index (κ3) is 4.92. The van der Waals surface area contributed by atoms with Crippen LogP contribution in [0.1, 0.15) is 18.1 Å². The first-order valence-electron chi connectivity index (χ1n) is 8.33. The van der Waals surface area contributed by atoms with Crippen LogP contribution in [0.3, 0.4) is 0 Å². The van der Waals surface area contributed by atoms with Gasteiger partial charge in [0.15, 0.2) is 0 Å². The fourth-order valence-corrected chi connectivity index (χ4v) is 2.80. The SMILES string of the molecule is COc1ccc(C)cc1NC(=O)CN(C(C)=O)c1cc(C)c(Cl)cc1OC. The quantitative estimate of drug-likeness (QED) is 0.810. The van der Waals surface area contributed by atoms with E-state index in [1.807, 2.05) is 26.0 Å². The van der Waals surface area contributed by atoms with Crippen LogP contribution in [-0.4, -0.2) is 32.6 Å². The van der Waals surface area contributed by atoms with Gasteiger partial charge in [-0.05, 0) is 43.2 Å². The number of aryl methyl sites for hydroxylation is 2. The van der Waals surface area contributed by atoms with Crippen LogP contribution < -0.4 is 19.7 Å². The zero-order valence-electron chi connectivity index (χ0n) is 16.1. The van der Waals surface area contributed by atoms with Gasteiger partial charge in [-0.3, -0.25) is 14.5 Å². The van der Waals surface area contributed by atoms with Crippen molar-refractivity contribution in [1.29, 1.82) is 0 Å². The number of anilines is 2. The average molecular weight is 391 g/mol. The van der Waals surface area contributed by atoms with Crippen molar-refractivity contribution in [3.63, 3.8) is 0 Å². The molecule has 0 saturated heterocycles. The molecule has 2 amide bonds. The summed E-state index contributed by atoms with van der Waals surface area (Å²) in [6, 6.07) is 8.82. The number of amides is 2. The molecule has 0 spiro atoms. The Labute approximate surface area is 164 Å². The standard InChI is InChI=1S/C20H23ClN2O4/c1-12-6-7-18(26-4)16(8-12)22-20(25)11-23(14(3)24)17-9-13(2)15(21)10-19(17)27-5/h6-10H,11H2,1-5H3,(H,22,25). The van der Waals surface area contributed by atoms with Crippen molar-refractivity contribution in [2.45, 2.75) is 20.8 Å². The van der Waals surface area contributed by atoms with E-state index in [-0.39, 0.29) is 18.4 Å². The van der Waals surface area contributed by atoms with Crippen molar-refractivity contribution >= 4 is 34.8 Å². The number of hydrogen-bond donors (Lipinski definition) is 1. The Hall–Kier alpha value is -2.73. The number of nitrogens with zero attached hydrogens (tertiary/aromatic N) is 1. The maximum absolute atomic E-state index is 12.6. The fourth-order valence-electron chi connectivity index (χ4n) is 2.64. The highest BCUT2D eigenvalue weighted by Gasteiger charge is 2.21. The number of benzene rings is 2. The molecule has 2 aromatic carbocycles. The predicted molar refractivity (Wildman–Crippen MR) is 107 cm³/mol. The van der Waals surface area contributed by atoms with Gasteiger partial charge in [-0.15, -0.1) is 0 Å². The Kier molecular flexibility index (Phi) is 6.69. The zero-order chi connectivity index (χ0) is 20.1. The molecule has 0 aliphatic carbocycles. The smallest absolute Gasteiger partial charge is 0.244 e. The Balaban J connectivity index is 2.30. The van der Waals surface area contributed by atoms with Crippen LogP contribution in [0.15, 0.2) is 30.3 Å². The van der Waals surface area contributed by atoms with E-state index in [4.69, 9.17) is 21.1 Å². The number of ether oxygens (including phenoxy) is 2. The van der Waals surface area contributed by atoms with E-state index in [2.05, 4.69) is 5.32 Å². The Bertz CT molecular complexity index is 867. The summed E-state index contributed by atoms with van der Waals surface area (Å²) in [4.78, 5) is 26.2. The van der Waals surface area contributed by atoms with Crippen LogP contribution in [0.4, 0.5) is 11.4 Å². The number of carbonyl (C=O) groups excluding carboxylic acids is 2.